The fourth-order valence-electron chi connectivity index (χ4n) is 1.87. The summed E-state index contributed by atoms with van der Waals surface area (Å²) in [6, 6.07) is 12.2. The molecule has 0 N–H and O–H groups in total. The average Bonchev–Trinajstić information content (AvgIpc) is 2.81. The van der Waals surface area contributed by atoms with E-state index in [1.54, 1.807) is 11.3 Å². The lowest BCUT2D eigenvalue weighted by atomic mass is 9.95. The monoisotopic (exact) mass is 272 g/mol. The van der Waals surface area contributed by atoms with Crippen LogP contribution in [0.25, 0.3) is 0 Å². The number of hydrogen-bond donors (Lipinski definition) is 0. The second-order valence-electron chi connectivity index (χ2n) is 6.00. The van der Waals surface area contributed by atoms with Gasteiger partial charge in [-0.25, -0.2) is 0 Å². The zero-order valence-electron chi connectivity index (χ0n) is 12.0. The molecule has 1 heterocycles. The number of hydrogen-bond acceptors (Lipinski definition) is 2. The van der Waals surface area contributed by atoms with E-state index in [0.29, 0.717) is 6.42 Å². The van der Waals surface area contributed by atoms with Crippen LogP contribution in [0, 0.1) is 6.92 Å². The third kappa shape index (κ3) is 3.54. The van der Waals surface area contributed by atoms with Crippen molar-refractivity contribution in [2.24, 2.45) is 0 Å². The molecule has 0 atom stereocenters. The summed E-state index contributed by atoms with van der Waals surface area (Å²) in [5.74, 6) is 0.212. The Morgan fingerprint density at radius 3 is 2.21 bits per heavy atom. The van der Waals surface area contributed by atoms with Crippen LogP contribution in [-0.2, 0) is 11.8 Å². The van der Waals surface area contributed by atoms with E-state index in [1.165, 1.54) is 10.4 Å². The van der Waals surface area contributed by atoms with Crippen LogP contribution in [0.5, 0.6) is 0 Å². The van der Waals surface area contributed by atoms with Gasteiger partial charge in [-0.1, -0.05) is 50.6 Å². The highest BCUT2D eigenvalue weighted by Gasteiger charge is 2.18. The highest BCUT2D eigenvalue weighted by atomic mass is 32.1. The third-order valence-corrected chi connectivity index (χ3v) is 4.66. The molecule has 0 spiro atoms. The standard InChI is InChI=1S/C17H20OS/c1-12-5-7-13(8-6-12)11-14(18)15-9-10-16(19-15)17(2,3)4/h5-10H,11H2,1-4H3. The molecule has 1 aromatic heterocycles. The molecule has 2 heteroatoms. The molecular weight excluding hydrogens is 252 g/mol. The Hall–Kier alpha value is -1.41. The third-order valence-electron chi connectivity index (χ3n) is 3.11. The van der Waals surface area contributed by atoms with Crippen LogP contribution in [0.3, 0.4) is 0 Å². The highest BCUT2D eigenvalue weighted by Crippen LogP contribution is 2.30. The Morgan fingerprint density at radius 2 is 1.68 bits per heavy atom. The summed E-state index contributed by atoms with van der Waals surface area (Å²) in [6.45, 7) is 8.58. The molecule has 0 aliphatic rings. The fourth-order valence-corrected chi connectivity index (χ4v) is 2.87. The van der Waals surface area contributed by atoms with E-state index >= 15 is 0 Å². The second-order valence-corrected chi connectivity index (χ2v) is 7.08. The Labute approximate surface area is 119 Å². The number of carbonyl (C=O) groups is 1. The lowest BCUT2D eigenvalue weighted by molar-refractivity contribution is 0.0997. The van der Waals surface area contributed by atoms with Crippen LogP contribution >= 0.6 is 11.3 Å². The molecule has 2 aromatic rings. The summed E-state index contributed by atoms with van der Waals surface area (Å²) in [7, 11) is 0. The summed E-state index contributed by atoms with van der Waals surface area (Å²) < 4.78 is 0. The fraction of sp³-hybridized carbons (Fsp3) is 0.353. The Balaban J connectivity index is 2.12. The molecule has 0 fully saturated rings. The van der Waals surface area contributed by atoms with Crippen molar-refractivity contribution in [1.82, 2.24) is 0 Å². The van der Waals surface area contributed by atoms with Gasteiger partial charge in [0.2, 0.25) is 0 Å². The Morgan fingerprint density at radius 1 is 1.05 bits per heavy atom. The quantitative estimate of drug-likeness (QED) is 0.735. The number of aryl methyl sites for hydroxylation is 1. The Kier molecular flexibility index (Phi) is 3.91. The molecule has 19 heavy (non-hydrogen) atoms. The molecular formula is C17H20OS. The number of benzene rings is 1. The lowest BCUT2D eigenvalue weighted by Gasteiger charge is -2.15. The smallest absolute Gasteiger partial charge is 0.177 e. The van der Waals surface area contributed by atoms with Crippen molar-refractivity contribution in [3.63, 3.8) is 0 Å². The van der Waals surface area contributed by atoms with Crippen molar-refractivity contribution in [3.8, 4) is 0 Å². The van der Waals surface area contributed by atoms with Crippen LogP contribution in [0.15, 0.2) is 36.4 Å². The van der Waals surface area contributed by atoms with Gasteiger partial charge in [-0.2, -0.15) is 0 Å². The van der Waals surface area contributed by atoms with E-state index < -0.39 is 0 Å². The van der Waals surface area contributed by atoms with E-state index in [4.69, 9.17) is 0 Å². The van der Waals surface area contributed by atoms with E-state index in [0.717, 1.165) is 10.4 Å². The minimum absolute atomic E-state index is 0.118. The molecule has 0 saturated heterocycles. The van der Waals surface area contributed by atoms with Crippen LogP contribution in [0.1, 0.15) is 46.4 Å². The molecule has 0 bridgehead atoms. The van der Waals surface area contributed by atoms with Crippen molar-refractivity contribution < 1.29 is 4.79 Å². The zero-order chi connectivity index (χ0) is 14.0. The number of carbonyl (C=O) groups excluding carboxylic acids is 1. The van der Waals surface area contributed by atoms with E-state index in [-0.39, 0.29) is 11.2 Å². The van der Waals surface area contributed by atoms with E-state index in [1.807, 2.05) is 18.2 Å². The number of ketones is 1. The van der Waals surface area contributed by atoms with Gasteiger partial charge in [0.25, 0.3) is 0 Å². The molecule has 0 aliphatic heterocycles. The van der Waals surface area contributed by atoms with Crippen molar-refractivity contribution in [1.29, 1.82) is 0 Å². The van der Waals surface area contributed by atoms with Gasteiger partial charge in [0, 0.05) is 11.3 Å². The van der Waals surface area contributed by atoms with Gasteiger partial charge < -0.3 is 0 Å². The summed E-state index contributed by atoms with van der Waals surface area (Å²) >= 11 is 1.62. The molecule has 2 rings (SSSR count). The maximum atomic E-state index is 12.2. The van der Waals surface area contributed by atoms with Crippen molar-refractivity contribution >= 4 is 17.1 Å². The van der Waals surface area contributed by atoms with Gasteiger partial charge in [-0.05, 0) is 30.0 Å². The van der Waals surface area contributed by atoms with Crippen LogP contribution in [0.2, 0.25) is 0 Å². The summed E-state index contributed by atoms with van der Waals surface area (Å²) in [6.07, 6.45) is 0.490. The van der Waals surface area contributed by atoms with Gasteiger partial charge in [0.15, 0.2) is 5.78 Å². The first-order valence-electron chi connectivity index (χ1n) is 6.55. The topological polar surface area (TPSA) is 17.1 Å². The van der Waals surface area contributed by atoms with Crippen LogP contribution < -0.4 is 0 Å². The first-order valence-corrected chi connectivity index (χ1v) is 7.37. The Bertz CT molecular complexity index is 570. The first kappa shape index (κ1) is 14.0. The lowest BCUT2D eigenvalue weighted by Crippen LogP contribution is -2.08. The molecule has 0 aliphatic carbocycles. The first-order chi connectivity index (χ1) is 8.86. The second kappa shape index (κ2) is 5.30. The molecule has 0 amide bonds. The van der Waals surface area contributed by atoms with Crippen molar-refractivity contribution in [2.75, 3.05) is 0 Å². The molecule has 1 aromatic carbocycles. The van der Waals surface area contributed by atoms with Crippen LogP contribution in [-0.4, -0.2) is 5.78 Å². The zero-order valence-corrected chi connectivity index (χ0v) is 12.8. The van der Waals surface area contributed by atoms with E-state index in [2.05, 4.69) is 45.9 Å². The van der Waals surface area contributed by atoms with Crippen molar-refractivity contribution in [2.45, 2.75) is 39.5 Å². The molecule has 0 saturated carbocycles. The SMILES string of the molecule is Cc1ccc(CC(=O)c2ccc(C(C)(C)C)s2)cc1. The predicted octanol–water partition coefficient (Wildman–Crippen LogP) is 4.78. The highest BCUT2D eigenvalue weighted by molar-refractivity contribution is 7.14. The summed E-state index contributed by atoms with van der Waals surface area (Å²) in [5, 5.41) is 0. The van der Waals surface area contributed by atoms with Gasteiger partial charge in [0.05, 0.1) is 4.88 Å². The van der Waals surface area contributed by atoms with Gasteiger partial charge in [0.1, 0.15) is 0 Å². The van der Waals surface area contributed by atoms with Gasteiger partial charge in [-0.15, -0.1) is 11.3 Å². The normalized spacial score (nSPS) is 11.6. The maximum absolute atomic E-state index is 12.2. The number of Topliss-reactive ketones (excluding diaryl/α,β-unsaturated/α-hetero) is 1. The average molecular weight is 272 g/mol. The molecule has 100 valence electrons. The summed E-state index contributed by atoms with van der Waals surface area (Å²) in [5.41, 5.74) is 2.43. The number of rotatable bonds is 3. The molecule has 0 radical (unpaired) electrons. The minimum atomic E-state index is 0.118. The summed E-state index contributed by atoms with van der Waals surface area (Å²) in [4.78, 5) is 14.4. The van der Waals surface area contributed by atoms with Crippen LogP contribution in [0.4, 0.5) is 0 Å². The van der Waals surface area contributed by atoms with Gasteiger partial charge >= 0.3 is 0 Å². The predicted molar refractivity (Wildman–Crippen MR) is 82.2 cm³/mol. The van der Waals surface area contributed by atoms with E-state index in [9.17, 15) is 4.79 Å². The van der Waals surface area contributed by atoms with Crippen molar-refractivity contribution in [3.05, 3.63) is 57.3 Å². The maximum Gasteiger partial charge on any atom is 0.177 e. The largest absolute Gasteiger partial charge is 0.293 e. The minimum Gasteiger partial charge on any atom is -0.293 e. The molecule has 0 unspecified atom stereocenters. The van der Waals surface area contributed by atoms with Gasteiger partial charge in [-0.3, -0.25) is 4.79 Å². The number of thiophene rings is 1. The molecule has 1 nitrogen and oxygen atoms in total.